The van der Waals surface area contributed by atoms with Gasteiger partial charge in [0.1, 0.15) is 12.2 Å². The Hall–Kier alpha value is -2.08. The van der Waals surface area contributed by atoms with Crippen LogP contribution in [0.1, 0.15) is 85.3 Å². The predicted octanol–water partition coefficient (Wildman–Crippen LogP) is 5.37. The molecule has 1 N–H and O–H groups in total. The third-order valence-corrected chi connectivity index (χ3v) is 10.5. The van der Waals surface area contributed by atoms with E-state index >= 15 is 0 Å². The summed E-state index contributed by atoms with van der Waals surface area (Å²) in [7, 11) is 0. The van der Waals surface area contributed by atoms with E-state index in [-0.39, 0.29) is 46.8 Å². The molecule has 5 rings (SSSR count). The number of aliphatic hydroxyl groups excluding tert-OH is 1. The molecule has 0 aromatic carbocycles. The summed E-state index contributed by atoms with van der Waals surface area (Å²) in [5.74, 6) is -0.240. The van der Waals surface area contributed by atoms with E-state index in [0.717, 1.165) is 36.8 Å². The number of cyclic esters (lactones) is 1. The molecule has 3 fully saturated rings. The first-order chi connectivity index (χ1) is 15.8. The van der Waals surface area contributed by atoms with E-state index in [4.69, 9.17) is 13.9 Å². The number of ether oxygens (including phenoxy) is 2. The van der Waals surface area contributed by atoms with Crippen LogP contribution in [0.2, 0.25) is 0 Å². The molecule has 186 valence electrons. The van der Waals surface area contributed by atoms with Gasteiger partial charge in [0.15, 0.2) is 0 Å². The van der Waals surface area contributed by atoms with Crippen LogP contribution in [-0.4, -0.2) is 29.3 Å². The van der Waals surface area contributed by atoms with Crippen LogP contribution in [0.15, 0.2) is 34.7 Å². The van der Waals surface area contributed by atoms with Gasteiger partial charge in [0, 0.05) is 29.4 Å². The Morgan fingerprint density at radius 3 is 2.50 bits per heavy atom. The molecular weight excluding hydrogens is 432 g/mol. The molecule has 0 bridgehead atoms. The van der Waals surface area contributed by atoms with Gasteiger partial charge in [0.2, 0.25) is 0 Å². The van der Waals surface area contributed by atoms with Gasteiger partial charge in [-0.15, -0.1) is 0 Å². The number of rotatable bonds is 2. The molecule has 0 saturated heterocycles. The molecule has 2 heterocycles. The monoisotopic (exact) mass is 470 g/mol. The van der Waals surface area contributed by atoms with E-state index in [1.807, 2.05) is 6.07 Å². The maximum atomic E-state index is 12.9. The zero-order chi connectivity index (χ0) is 24.7. The Morgan fingerprint density at radius 2 is 1.85 bits per heavy atom. The Bertz CT molecular complexity index is 1020. The summed E-state index contributed by atoms with van der Waals surface area (Å²) in [6.45, 7) is 12.5. The van der Waals surface area contributed by atoms with Crippen LogP contribution in [-0.2, 0) is 19.1 Å². The van der Waals surface area contributed by atoms with E-state index in [1.165, 1.54) is 6.92 Å². The van der Waals surface area contributed by atoms with Crippen LogP contribution in [0, 0.1) is 33.5 Å². The Labute approximate surface area is 202 Å². The Morgan fingerprint density at radius 1 is 1.12 bits per heavy atom. The van der Waals surface area contributed by atoms with Crippen LogP contribution in [0.3, 0.4) is 0 Å². The van der Waals surface area contributed by atoms with Crippen LogP contribution in [0.5, 0.6) is 0 Å². The number of furan rings is 1. The molecular formula is C28H38O6. The molecule has 3 aliphatic carbocycles. The van der Waals surface area contributed by atoms with Crippen molar-refractivity contribution < 1.29 is 28.6 Å². The summed E-state index contributed by atoms with van der Waals surface area (Å²) in [5.41, 5.74) is 0.635. The molecule has 1 aliphatic heterocycles. The van der Waals surface area contributed by atoms with E-state index in [2.05, 4.69) is 34.6 Å². The van der Waals surface area contributed by atoms with E-state index in [0.29, 0.717) is 6.42 Å². The first kappa shape index (κ1) is 23.7. The molecule has 0 unspecified atom stereocenters. The highest BCUT2D eigenvalue weighted by atomic mass is 16.6. The fourth-order valence-electron chi connectivity index (χ4n) is 8.84. The van der Waals surface area contributed by atoms with Gasteiger partial charge in [0.05, 0.1) is 18.6 Å². The lowest BCUT2D eigenvalue weighted by Gasteiger charge is -2.69. The Kier molecular flexibility index (Phi) is 5.19. The second-order valence-electron chi connectivity index (χ2n) is 12.5. The molecule has 0 amide bonds. The molecule has 34 heavy (non-hydrogen) atoms. The third-order valence-electron chi connectivity index (χ3n) is 10.5. The van der Waals surface area contributed by atoms with Gasteiger partial charge in [-0.25, -0.2) is 4.79 Å². The molecule has 1 aromatic heterocycles. The van der Waals surface area contributed by atoms with Crippen molar-refractivity contribution in [1.29, 1.82) is 0 Å². The van der Waals surface area contributed by atoms with Crippen LogP contribution in [0.4, 0.5) is 0 Å². The van der Waals surface area contributed by atoms with E-state index in [9.17, 15) is 14.7 Å². The summed E-state index contributed by atoms with van der Waals surface area (Å²) in [6, 6.07) is 1.87. The summed E-state index contributed by atoms with van der Waals surface area (Å²) in [5, 5.41) is 10.9. The second-order valence-corrected chi connectivity index (χ2v) is 12.5. The number of fused-ring (bicyclic) bond motifs is 5. The fourth-order valence-corrected chi connectivity index (χ4v) is 8.84. The van der Waals surface area contributed by atoms with Crippen molar-refractivity contribution >= 4 is 11.9 Å². The molecule has 4 aliphatic rings. The smallest absolute Gasteiger partial charge is 0.331 e. The standard InChI is InChI=1S/C28H38O6/c1-16(29)33-22-13-19-25(2,3)21(30)8-11-26(19,4)18-7-10-27(5)20(28(18,22)6)14-23(31)34-24(27)17-9-12-32-15-17/h9,12,14-15,18-19,21-22,24,30H,7-8,10-11,13H2,1-6H3/t18-,19+,21+,22-,24+,26-,27-,28-/m1/s1. The van der Waals surface area contributed by atoms with Crippen molar-refractivity contribution in [3.63, 3.8) is 0 Å². The highest BCUT2D eigenvalue weighted by Gasteiger charge is 2.69. The van der Waals surface area contributed by atoms with Gasteiger partial charge in [-0.3, -0.25) is 4.79 Å². The SMILES string of the molecule is CC(=O)O[C@@H]1C[C@H]2C(C)(C)[C@@H](O)CC[C@]2(C)[C@H]2CC[C@]3(C)C(=CC(=O)O[C@H]3c3ccoc3)[C@@]21C. The van der Waals surface area contributed by atoms with Crippen LogP contribution in [0.25, 0.3) is 0 Å². The highest BCUT2D eigenvalue weighted by molar-refractivity contribution is 5.85. The quantitative estimate of drug-likeness (QED) is 0.585. The van der Waals surface area contributed by atoms with Gasteiger partial charge in [-0.05, 0) is 66.4 Å². The topological polar surface area (TPSA) is 86.0 Å². The molecule has 1 aromatic rings. The molecule has 0 radical (unpaired) electrons. The maximum Gasteiger partial charge on any atom is 0.331 e. The fraction of sp³-hybridized carbons (Fsp3) is 0.714. The van der Waals surface area contributed by atoms with E-state index < -0.39 is 16.9 Å². The largest absolute Gasteiger partial charge is 0.472 e. The van der Waals surface area contributed by atoms with Crippen molar-refractivity contribution in [1.82, 2.24) is 0 Å². The maximum absolute atomic E-state index is 12.9. The van der Waals surface area contributed by atoms with Gasteiger partial charge in [0.25, 0.3) is 0 Å². The lowest BCUT2D eigenvalue weighted by atomic mass is 9.36. The summed E-state index contributed by atoms with van der Waals surface area (Å²) < 4.78 is 17.4. The minimum absolute atomic E-state index is 0.0389. The summed E-state index contributed by atoms with van der Waals surface area (Å²) in [6.07, 6.45) is 7.93. The van der Waals surface area contributed by atoms with Gasteiger partial charge in [-0.1, -0.05) is 34.6 Å². The molecule has 6 heteroatoms. The number of hydrogen-bond acceptors (Lipinski definition) is 6. The second kappa shape index (κ2) is 7.46. The number of carbonyl (C=O) groups is 2. The van der Waals surface area contributed by atoms with Crippen molar-refractivity contribution in [2.45, 2.75) is 92.0 Å². The minimum Gasteiger partial charge on any atom is -0.472 e. The lowest BCUT2D eigenvalue weighted by Crippen LogP contribution is -2.66. The summed E-state index contributed by atoms with van der Waals surface area (Å²) in [4.78, 5) is 25.3. The van der Waals surface area contributed by atoms with Crippen molar-refractivity contribution in [3.05, 3.63) is 35.8 Å². The highest BCUT2D eigenvalue weighted by Crippen LogP contribution is 2.73. The number of carbonyl (C=O) groups excluding carboxylic acids is 2. The van der Waals surface area contributed by atoms with E-state index in [1.54, 1.807) is 18.6 Å². The van der Waals surface area contributed by atoms with Gasteiger partial charge >= 0.3 is 11.9 Å². The van der Waals surface area contributed by atoms with Crippen LogP contribution < -0.4 is 0 Å². The average molecular weight is 471 g/mol. The molecule has 0 spiro atoms. The summed E-state index contributed by atoms with van der Waals surface area (Å²) >= 11 is 0. The first-order valence-corrected chi connectivity index (χ1v) is 12.7. The lowest BCUT2D eigenvalue weighted by molar-refractivity contribution is -0.226. The molecule has 6 nitrogen and oxygen atoms in total. The van der Waals surface area contributed by atoms with Crippen LogP contribution >= 0.6 is 0 Å². The number of hydrogen-bond donors (Lipinski definition) is 1. The Balaban J connectivity index is 1.67. The minimum atomic E-state index is -0.510. The van der Waals surface area contributed by atoms with Gasteiger partial charge < -0.3 is 19.0 Å². The molecule has 8 atom stereocenters. The average Bonchev–Trinajstić information content (AvgIpc) is 3.28. The van der Waals surface area contributed by atoms with Crippen molar-refractivity contribution in [2.75, 3.05) is 0 Å². The van der Waals surface area contributed by atoms with Crippen molar-refractivity contribution in [2.24, 2.45) is 33.5 Å². The number of esters is 2. The third kappa shape index (κ3) is 3.03. The van der Waals surface area contributed by atoms with Gasteiger partial charge in [-0.2, -0.15) is 0 Å². The first-order valence-electron chi connectivity index (χ1n) is 12.7. The predicted molar refractivity (Wildman–Crippen MR) is 125 cm³/mol. The van der Waals surface area contributed by atoms with Crippen molar-refractivity contribution in [3.8, 4) is 0 Å². The number of aliphatic hydroxyl groups is 1. The normalized spacial score (nSPS) is 45.2. The zero-order valence-corrected chi connectivity index (χ0v) is 21.2. The zero-order valence-electron chi connectivity index (χ0n) is 21.2. The molecule has 3 saturated carbocycles.